The van der Waals surface area contributed by atoms with Gasteiger partial charge >= 0.3 is 0 Å². The standard InChI is InChI=1S/C30H37FN4O2/c1-20-5-8-34(15-20)30(36)26-12-25(31)3-4-27(26)35-19-24(29-21(2)13-32-14-28(29)35)11-23-17-33(18-23)16-22-6-9-37-10-7-22/h3-4,12-14,19-20,22-23H,5-11,15-18H2,1-2H3/t20-/m1/s1. The van der Waals surface area contributed by atoms with Crippen LogP contribution in [-0.4, -0.2) is 71.2 Å². The van der Waals surface area contributed by atoms with Crippen molar-refractivity contribution in [1.82, 2.24) is 19.4 Å². The molecule has 0 radical (unpaired) electrons. The maximum absolute atomic E-state index is 14.4. The summed E-state index contributed by atoms with van der Waals surface area (Å²) in [7, 11) is 0. The van der Waals surface area contributed by atoms with E-state index in [0.717, 1.165) is 74.9 Å². The molecule has 1 amide bonds. The van der Waals surface area contributed by atoms with E-state index < -0.39 is 0 Å². The van der Waals surface area contributed by atoms with Gasteiger partial charge in [0, 0.05) is 63.7 Å². The Kier molecular flexibility index (Phi) is 6.76. The molecule has 1 aromatic carbocycles. The number of carbonyl (C=O) groups is 1. The molecule has 196 valence electrons. The van der Waals surface area contributed by atoms with Crippen LogP contribution < -0.4 is 0 Å². The molecule has 6 rings (SSSR count). The molecular formula is C30H37FN4O2. The van der Waals surface area contributed by atoms with Crippen LogP contribution in [0.25, 0.3) is 16.6 Å². The van der Waals surface area contributed by atoms with Gasteiger partial charge in [0.25, 0.3) is 5.91 Å². The maximum atomic E-state index is 14.4. The van der Waals surface area contributed by atoms with Gasteiger partial charge in [-0.2, -0.15) is 0 Å². The number of hydrogen-bond donors (Lipinski definition) is 0. The highest BCUT2D eigenvalue weighted by molar-refractivity contribution is 5.99. The first kappa shape index (κ1) is 24.6. The molecule has 0 aliphatic carbocycles. The van der Waals surface area contributed by atoms with Gasteiger partial charge in [0.1, 0.15) is 5.82 Å². The molecule has 0 unspecified atom stereocenters. The SMILES string of the molecule is Cc1cncc2c1c(CC1CN(CC3CCOCC3)C1)cn2-c1ccc(F)cc1C(=O)N1CC[C@@H](C)C1. The van der Waals surface area contributed by atoms with Gasteiger partial charge in [-0.25, -0.2) is 4.39 Å². The van der Waals surface area contributed by atoms with Gasteiger partial charge in [-0.05, 0) is 79.7 Å². The summed E-state index contributed by atoms with van der Waals surface area (Å²) in [6.07, 6.45) is 10.3. The van der Waals surface area contributed by atoms with E-state index in [2.05, 4.69) is 34.5 Å². The molecule has 3 saturated heterocycles. The van der Waals surface area contributed by atoms with Crippen LogP contribution in [0.15, 0.2) is 36.8 Å². The fraction of sp³-hybridized carbons (Fsp3) is 0.533. The van der Waals surface area contributed by atoms with Gasteiger partial charge in [-0.1, -0.05) is 6.92 Å². The zero-order valence-corrected chi connectivity index (χ0v) is 22.0. The summed E-state index contributed by atoms with van der Waals surface area (Å²) in [6, 6.07) is 4.59. The number of nitrogens with zero attached hydrogens (tertiary/aromatic N) is 4. The number of aryl methyl sites for hydroxylation is 1. The summed E-state index contributed by atoms with van der Waals surface area (Å²) in [4.78, 5) is 22.4. The van der Waals surface area contributed by atoms with Gasteiger partial charge in [0.15, 0.2) is 0 Å². The fourth-order valence-corrected chi connectivity index (χ4v) is 6.53. The maximum Gasteiger partial charge on any atom is 0.256 e. The number of halogens is 1. The highest BCUT2D eigenvalue weighted by Crippen LogP contribution is 2.33. The van der Waals surface area contributed by atoms with Crippen LogP contribution in [0.3, 0.4) is 0 Å². The quantitative estimate of drug-likeness (QED) is 0.481. The molecule has 37 heavy (non-hydrogen) atoms. The van der Waals surface area contributed by atoms with E-state index in [1.165, 1.54) is 42.5 Å². The van der Waals surface area contributed by atoms with Crippen molar-refractivity contribution < 1.29 is 13.9 Å². The Balaban J connectivity index is 1.28. The van der Waals surface area contributed by atoms with Gasteiger partial charge in [0.05, 0.1) is 23.0 Å². The lowest BCUT2D eigenvalue weighted by molar-refractivity contribution is 0.0254. The Morgan fingerprint density at radius 1 is 1.11 bits per heavy atom. The lowest BCUT2D eigenvalue weighted by atomic mass is 9.89. The lowest BCUT2D eigenvalue weighted by Crippen LogP contribution is -2.49. The molecule has 2 aromatic heterocycles. The van der Waals surface area contributed by atoms with E-state index in [0.29, 0.717) is 17.4 Å². The minimum absolute atomic E-state index is 0.0920. The Morgan fingerprint density at radius 3 is 2.68 bits per heavy atom. The van der Waals surface area contributed by atoms with Crippen LogP contribution in [0.2, 0.25) is 0 Å². The average molecular weight is 505 g/mol. The number of pyridine rings is 1. The first-order valence-electron chi connectivity index (χ1n) is 13.8. The number of carbonyl (C=O) groups excluding carboxylic acids is 1. The van der Waals surface area contributed by atoms with Gasteiger partial charge in [-0.3, -0.25) is 9.78 Å². The third-order valence-electron chi connectivity index (χ3n) is 8.54. The number of fused-ring (bicyclic) bond motifs is 1. The highest BCUT2D eigenvalue weighted by Gasteiger charge is 2.31. The van der Waals surface area contributed by atoms with E-state index in [-0.39, 0.29) is 11.7 Å². The van der Waals surface area contributed by atoms with Crippen molar-refractivity contribution >= 4 is 16.8 Å². The largest absolute Gasteiger partial charge is 0.381 e. The van der Waals surface area contributed by atoms with Crippen molar-refractivity contribution in [2.24, 2.45) is 17.8 Å². The first-order chi connectivity index (χ1) is 18.0. The second kappa shape index (κ2) is 10.2. The van der Waals surface area contributed by atoms with E-state index in [9.17, 15) is 9.18 Å². The highest BCUT2D eigenvalue weighted by atomic mass is 19.1. The molecule has 3 aliphatic rings. The molecule has 1 atom stereocenters. The Labute approximate surface area is 218 Å². The third-order valence-corrected chi connectivity index (χ3v) is 8.54. The first-order valence-corrected chi connectivity index (χ1v) is 13.8. The Morgan fingerprint density at radius 2 is 1.92 bits per heavy atom. The predicted octanol–water partition coefficient (Wildman–Crippen LogP) is 4.86. The van der Waals surface area contributed by atoms with Crippen molar-refractivity contribution in [2.45, 2.75) is 39.5 Å². The Hall–Kier alpha value is -2.77. The second-order valence-corrected chi connectivity index (χ2v) is 11.5. The summed E-state index contributed by atoms with van der Waals surface area (Å²) in [5.74, 6) is 1.38. The minimum atomic E-state index is -0.385. The molecule has 7 heteroatoms. The molecule has 0 saturated carbocycles. The topological polar surface area (TPSA) is 50.6 Å². The molecule has 0 bridgehead atoms. The van der Waals surface area contributed by atoms with E-state index in [1.54, 1.807) is 6.07 Å². The number of rotatable bonds is 6. The summed E-state index contributed by atoms with van der Waals surface area (Å²) >= 11 is 0. The molecule has 6 nitrogen and oxygen atoms in total. The minimum Gasteiger partial charge on any atom is -0.381 e. The van der Waals surface area contributed by atoms with Gasteiger partial charge < -0.3 is 19.1 Å². The van der Waals surface area contributed by atoms with E-state index >= 15 is 0 Å². The van der Waals surface area contributed by atoms with E-state index in [4.69, 9.17) is 4.74 Å². The molecular weight excluding hydrogens is 467 g/mol. The number of likely N-dealkylation sites (tertiary alicyclic amines) is 2. The molecule has 0 N–H and O–H groups in total. The molecule has 3 aromatic rings. The van der Waals surface area contributed by atoms with Crippen molar-refractivity contribution in [3.05, 3.63) is 59.3 Å². The average Bonchev–Trinajstić information content (AvgIpc) is 3.47. The van der Waals surface area contributed by atoms with Crippen LogP contribution in [0, 0.1) is 30.5 Å². The summed E-state index contributed by atoms with van der Waals surface area (Å²) in [5.41, 5.74) is 4.54. The number of benzene rings is 1. The van der Waals surface area contributed by atoms with Crippen LogP contribution in [0.5, 0.6) is 0 Å². The number of hydrogen-bond acceptors (Lipinski definition) is 4. The van der Waals surface area contributed by atoms with Crippen LogP contribution >= 0.6 is 0 Å². The van der Waals surface area contributed by atoms with Crippen molar-refractivity contribution in [3.63, 3.8) is 0 Å². The summed E-state index contributed by atoms with van der Waals surface area (Å²) in [5, 5.41) is 1.20. The Bertz CT molecular complexity index is 1290. The fourth-order valence-electron chi connectivity index (χ4n) is 6.53. The van der Waals surface area contributed by atoms with Crippen LogP contribution in [-0.2, 0) is 11.2 Å². The second-order valence-electron chi connectivity index (χ2n) is 11.5. The zero-order valence-electron chi connectivity index (χ0n) is 22.0. The number of aromatic nitrogens is 2. The zero-order chi connectivity index (χ0) is 25.5. The van der Waals surface area contributed by atoms with Gasteiger partial charge in [-0.15, -0.1) is 0 Å². The smallest absolute Gasteiger partial charge is 0.256 e. The van der Waals surface area contributed by atoms with Crippen molar-refractivity contribution in [3.8, 4) is 5.69 Å². The lowest BCUT2D eigenvalue weighted by Gasteiger charge is -2.42. The molecule has 3 fully saturated rings. The number of amides is 1. The third kappa shape index (κ3) is 4.91. The van der Waals surface area contributed by atoms with Gasteiger partial charge in [0.2, 0.25) is 0 Å². The van der Waals surface area contributed by atoms with Crippen molar-refractivity contribution in [1.29, 1.82) is 0 Å². The molecule has 0 spiro atoms. The van der Waals surface area contributed by atoms with Crippen LogP contribution in [0.4, 0.5) is 4.39 Å². The predicted molar refractivity (Wildman–Crippen MR) is 143 cm³/mol. The normalized spacial score (nSPS) is 21.6. The van der Waals surface area contributed by atoms with Crippen LogP contribution in [0.1, 0.15) is 47.7 Å². The summed E-state index contributed by atoms with van der Waals surface area (Å²) in [6.45, 7) is 10.9. The molecule has 3 aliphatic heterocycles. The molecule has 5 heterocycles. The number of ether oxygens (including phenoxy) is 1. The van der Waals surface area contributed by atoms with Crippen molar-refractivity contribution in [2.75, 3.05) is 45.9 Å². The summed E-state index contributed by atoms with van der Waals surface area (Å²) < 4.78 is 22.0. The monoisotopic (exact) mass is 504 g/mol. The van der Waals surface area contributed by atoms with E-state index in [1.807, 2.05) is 17.3 Å².